The minimum absolute atomic E-state index is 0.171. The van der Waals surface area contributed by atoms with Gasteiger partial charge < -0.3 is 5.11 Å². The van der Waals surface area contributed by atoms with Gasteiger partial charge in [-0.15, -0.1) is 11.8 Å². The average Bonchev–Trinajstić information content (AvgIpc) is 2.24. The first-order valence-electron chi connectivity index (χ1n) is 5.91. The molecule has 0 amide bonds. The van der Waals surface area contributed by atoms with Crippen molar-refractivity contribution in [1.82, 2.24) is 0 Å². The molecule has 1 rings (SSSR count). The van der Waals surface area contributed by atoms with Gasteiger partial charge in [-0.2, -0.15) is 0 Å². The Morgan fingerprint density at radius 2 is 2.12 bits per heavy atom. The van der Waals surface area contributed by atoms with E-state index in [1.165, 1.54) is 18.0 Å². The van der Waals surface area contributed by atoms with Crippen LogP contribution < -0.4 is 0 Å². The number of hydrogen-bond donors (Lipinski definition) is 1. The van der Waals surface area contributed by atoms with Crippen LogP contribution in [0.25, 0.3) is 0 Å². The highest BCUT2D eigenvalue weighted by Crippen LogP contribution is 2.34. The number of aliphatic carboxylic acids is 1. The fourth-order valence-corrected chi connectivity index (χ4v) is 4.89. The molecule has 6 heteroatoms. The summed E-state index contributed by atoms with van der Waals surface area (Å²) >= 11 is 1.43. The van der Waals surface area contributed by atoms with E-state index in [1.54, 1.807) is 0 Å². The van der Waals surface area contributed by atoms with Gasteiger partial charge in [-0.05, 0) is 25.7 Å². The van der Waals surface area contributed by atoms with Gasteiger partial charge in [-0.3, -0.25) is 4.79 Å². The van der Waals surface area contributed by atoms with Crippen molar-refractivity contribution < 1.29 is 18.3 Å². The van der Waals surface area contributed by atoms with E-state index in [0.29, 0.717) is 12.8 Å². The molecule has 17 heavy (non-hydrogen) atoms. The molecule has 1 N–H and O–H groups in total. The highest BCUT2D eigenvalue weighted by atomic mass is 32.2. The van der Waals surface area contributed by atoms with Gasteiger partial charge in [-0.25, -0.2) is 8.42 Å². The molecule has 0 heterocycles. The molecule has 100 valence electrons. The molecule has 0 bridgehead atoms. The van der Waals surface area contributed by atoms with Crippen LogP contribution in [0, 0.1) is 0 Å². The van der Waals surface area contributed by atoms with Crippen LogP contribution in [0.4, 0.5) is 0 Å². The number of thioether (sulfide) groups is 1. The first kappa shape index (κ1) is 14.8. The van der Waals surface area contributed by atoms with Crippen LogP contribution in [0.15, 0.2) is 0 Å². The van der Waals surface area contributed by atoms with Crippen molar-refractivity contribution in [1.29, 1.82) is 0 Å². The zero-order valence-corrected chi connectivity index (χ0v) is 11.9. The van der Waals surface area contributed by atoms with Crippen LogP contribution in [-0.4, -0.2) is 41.5 Å². The number of rotatable bonds is 5. The average molecular weight is 280 g/mol. The Hall–Kier alpha value is -0.230. The largest absolute Gasteiger partial charge is 0.480 e. The fourth-order valence-electron chi connectivity index (χ4n) is 2.18. The van der Waals surface area contributed by atoms with Crippen LogP contribution in [0.5, 0.6) is 0 Å². The van der Waals surface area contributed by atoms with E-state index in [-0.39, 0.29) is 10.5 Å². The molecule has 0 aromatic rings. The summed E-state index contributed by atoms with van der Waals surface area (Å²) in [4.78, 5) is 10.9. The van der Waals surface area contributed by atoms with Gasteiger partial charge >= 0.3 is 5.97 Å². The summed E-state index contributed by atoms with van der Waals surface area (Å²) in [6.45, 7) is 1.85. The van der Waals surface area contributed by atoms with Crippen molar-refractivity contribution >= 4 is 27.6 Å². The maximum absolute atomic E-state index is 11.5. The van der Waals surface area contributed by atoms with Crippen LogP contribution in [-0.2, 0) is 14.6 Å². The lowest BCUT2D eigenvalue weighted by Crippen LogP contribution is -2.30. The lowest BCUT2D eigenvalue weighted by atomic mass is 10.00. The number of carbonyl (C=O) groups is 1. The highest BCUT2D eigenvalue weighted by Gasteiger charge is 2.31. The van der Waals surface area contributed by atoms with Crippen molar-refractivity contribution in [3.8, 4) is 0 Å². The highest BCUT2D eigenvalue weighted by molar-refractivity contribution is 8.01. The van der Waals surface area contributed by atoms with Crippen molar-refractivity contribution in [2.24, 2.45) is 0 Å². The lowest BCUT2D eigenvalue weighted by molar-refractivity contribution is -0.136. The monoisotopic (exact) mass is 280 g/mol. The van der Waals surface area contributed by atoms with Crippen molar-refractivity contribution in [3.63, 3.8) is 0 Å². The van der Waals surface area contributed by atoms with E-state index in [0.717, 1.165) is 19.3 Å². The van der Waals surface area contributed by atoms with Crippen molar-refractivity contribution in [2.75, 3.05) is 6.26 Å². The number of carboxylic acids is 1. The SMILES string of the molecule is CCC(SC1CCCC(S(C)(=O)=O)C1)C(=O)O. The third-order valence-corrected chi connectivity index (χ3v) is 6.50. The third-order valence-electron chi connectivity index (χ3n) is 3.19. The predicted molar refractivity (Wildman–Crippen MR) is 70.2 cm³/mol. The zero-order valence-electron chi connectivity index (χ0n) is 10.3. The molecule has 3 unspecified atom stereocenters. The van der Waals surface area contributed by atoms with Gasteiger partial charge in [0, 0.05) is 11.5 Å². The molecule has 0 radical (unpaired) electrons. The minimum Gasteiger partial charge on any atom is -0.480 e. The zero-order chi connectivity index (χ0) is 13.1. The summed E-state index contributed by atoms with van der Waals surface area (Å²) in [6, 6.07) is 0. The van der Waals surface area contributed by atoms with Gasteiger partial charge in [0.25, 0.3) is 0 Å². The normalized spacial score (nSPS) is 27.6. The first-order chi connectivity index (χ1) is 7.84. The van der Waals surface area contributed by atoms with Crippen molar-refractivity contribution in [2.45, 2.75) is 54.8 Å². The Morgan fingerprint density at radius 1 is 1.47 bits per heavy atom. The quantitative estimate of drug-likeness (QED) is 0.833. The number of sulfone groups is 1. The maximum Gasteiger partial charge on any atom is 0.316 e. The van der Waals surface area contributed by atoms with Gasteiger partial charge in [0.2, 0.25) is 0 Å². The molecule has 1 saturated carbocycles. The second-order valence-corrected chi connectivity index (χ2v) is 8.44. The second-order valence-electron chi connectivity index (χ2n) is 4.61. The van der Waals surface area contributed by atoms with Crippen LogP contribution in [0.2, 0.25) is 0 Å². The summed E-state index contributed by atoms with van der Waals surface area (Å²) in [6.07, 6.45) is 5.00. The molecule has 3 atom stereocenters. The molecule has 0 aromatic heterocycles. The molecule has 0 spiro atoms. The van der Waals surface area contributed by atoms with E-state index in [1.807, 2.05) is 6.92 Å². The summed E-state index contributed by atoms with van der Waals surface area (Å²) < 4.78 is 23.0. The van der Waals surface area contributed by atoms with Gasteiger partial charge in [0.1, 0.15) is 15.1 Å². The molecule has 4 nitrogen and oxygen atoms in total. The van der Waals surface area contributed by atoms with Crippen molar-refractivity contribution in [3.05, 3.63) is 0 Å². The number of hydrogen-bond acceptors (Lipinski definition) is 4. The van der Waals surface area contributed by atoms with E-state index in [9.17, 15) is 13.2 Å². The molecule has 0 aromatic carbocycles. The van der Waals surface area contributed by atoms with E-state index < -0.39 is 21.1 Å². The lowest BCUT2D eigenvalue weighted by Gasteiger charge is -2.29. The standard InChI is InChI=1S/C11H20O4S2/c1-3-10(11(12)13)16-8-5-4-6-9(7-8)17(2,14)15/h8-10H,3-7H2,1-2H3,(H,12,13). The second kappa shape index (κ2) is 6.09. The Labute approximate surface area is 107 Å². The molecule has 0 saturated heterocycles. The van der Waals surface area contributed by atoms with E-state index >= 15 is 0 Å². The smallest absolute Gasteiger partial charge is 0.316 e. The maximum atomic E-state index is 11.5. The summed E-state index contributed by atoms with van der Waals surface area (Å²) in [5.74, 6) is -0.793. The fraction of sp³-hybridized carbons (Fsp3) is 0.909. The summed E-state index contributed by atoms with van der Waals surface area (Å²) in [5.41, 5.74) is 0. The van der Waals surface area contributed by atoms with Crippen LogP contribution in [0.1, 0.15) is 39.0 Å². The van der Waals surface area contributed by atoms with Crippen LogP contribution in [0.3, 0.4) is 0 Å². The Morgan fingerprint density at radius 3 is 2.59 bits per heavy atom. The molecule has 0 aliphatic heterocycles. The number of carboxylic acid groups (broad SMARTS) is 1. The molecular weight excluding hydrogens is 260 g/mol. The molecule has 1 aliphatic carbocycles. The van der Waals surface area contributed by atoms with Gasteiger partial charge in [-0.1, -0.05) is 13.3 Å². The molecular formula is C11H20O4S2. The Balaban J connectivity index is 2.58. The predicted octanol–water partition coefficient (Wildman–Crippen LogP) is 1.94. The van der Waals surface area contributed by atoms with Gasteiger partial charge in [0.05, 0.1) is 5.25 Å². The molecule has 1 aliphatic rings. The molecule has 1 fully saturated rings. The topological polar surface area (TPSA) is 71.4 Å². The van der Waals surface area contributed by atoms with E-state index in [2.05, 4.69) is 0 Å². The minimum atomic E-state index is -2.98. The van der Waals surface area contributed by atoms with Gasteiger partial charge in [0.15, 0.2) is 0 Å². The van der Waals surface area contributed by atoms with E-state index in [4.69, 9.17) is 5.11 Å². The Bertz CT molecular complexity index is 364. The Kier molecular flexibility index (Phi) is 5.31. The van der Waals surface area contributed by atoms with Crippen LogP contribution >= 0.6 is 11.8 Å². The summed E-state index contributed by atoms with van der Waals surface area (Å²) in [5, 5.41) is 8.48. The third kappa shape index (κ3) is 4.50. The first-order valence-corrected chi connectivity index (χ1v) is 8.81. The summed E-state index contributed by atoms with van der Waals surface area (Å²) in [7, 11) is -2.98.